The topological polar surface area (TPSA) is 33.1 Å². The number of rotatable bonds is 1. The number of nitrogens with zero attached hydrogens (tertiary/aromatic N) is 3. The molecule has 1 saturated carbocycles. The SMILES string of the molecule is CC1CNC2(CCCC2)CN1c1cnn(C)c1. The molecule has 2 aliphatic rings. The molecule has 2 fully saturated rings. The molecule has 0 bridgehead atoms. The molecule has 1 atom stereocenters. The Labute approximate surface area is 103 Å². The molecule has 1 spiro atoms. The van der Waals surface area contributed by atoms with Gasteiger partial charge >= 0.3 is 0 Å². The third-order valence-corrected chi connectivity index (χ3v) is 4.36. The van der Waals surface area contributed by atoms with E-state index in [1.165, 1.54) is 31.4 Å². The van der Waals surface area contributed by atoms with E-state index in [-0.39, 0.29) is 0 Å². The zero-order valence-corrected chi connectivity index (χ0v) is 10.8. The van der Waals surface area contributed by atoms with Crippen LogP contribution in [0.15, 0.2) is 12.4 Å². The van der Waals surface area contributed by atoms with Gasteiger partial charge in [-0.05, 0) is 19.8 Å². The smallest absolute Gasteiger partial charge is 0.0755 e. The molecule has 2 heterocycles. The van der Waals surface area contributed by atoms with Crippen molar-refractivity contribution in [1.82, 2.24) is 15.1 Å². The lowest BCUT2D eigenvalue weighted by molar-refractivity contribution is 0.276. The van der Waals surface area contributed by atoms with E-state index in [2.05, 4.69) is 28.4 Å². The van der Waals surface area contributed by atoms with Crippen LogP contribution in [-0.4, -0.2) is 34.5 Å². The number of anilines is 1. The quantitative estimate of drug-likeness (QED) is 0.800. The van der Waals surface area contributed by atoms with Crippen molar-refractivity contribution in [1.29, 1.82) is 0 Å². The monoisotopic (exact) mass is 234 g/mol. The predicted molar refractivity (Wildman–Crippen MR) is 69.2 cm³/mol. The lowest BCUT2D eigenvalue weighted by atomic mass is 9.92. The fourth-order valence-corrected chi connectivity index (χ4v) is 3.30. The Hall–Kier alpha value is -1.03. The van der Waals surface area contributed by atoms with Crippen molar-refractivity contribution in [2.45, 2.75) is 44.2 Å². The molecule has 17 heavy (non-hydrogen) atoms. The van der Waals surface area contributed by atoms with E-state index in [4.69, 9.17) is 0 Å². The average Bonchev–Trinajstić information content (AvgIpc) is 2.92. The molecule has 1 aliphatic heterocycles. The van der Waals surface area contributed by atoms with E-state index in [1.807, 2.05) is 17.9 Å². The van der Waals surface area contributed by atoms with Gasteiger partial charge in [0.05, 0.1) is 11.9 Å². The summed E-state index contributed by atoms with van der Waals surface area (Å²) >= 11 is 0. The maximum absolute atomic E-state index is 4.30. The van der Waals surface area contributed by atoms with Gasteiger partial charge in [-0.1, -0.05) is 12.8 Å². The molecule has 0 radical (unpaired) electrons. The summed E-state index contributed by atoms with van der Waals surface area (Å²) in [7, 11) is 1.99. The van der Waals surface area contributed by atoms with E-state index in [0.717, 1.165) is 13.1 Å². The second-order valence-corrected chi connectivity index (χ2v) is 5.72. The van der Waals surface area contributed by atoms with E-state index in [0.29, 0.717) is 11.6 Å². The molecule has 1 aromatic rings. The molecule has 1 N–H and O–H groups in total. The first-order valence-electron chi connectivity index (χ1n) is 6.69. The van der Waals surface area contributed by atoms with Crippen molar-refractivity contribution in [3.8, 4) is 0 Å². The lowest BCUT2D eigenvalue weighted by Gasteiger charge is -2.46. The summed E-state index contributed by atoms with van der Waals surface area (Å²) in [6, 6.07) is 0.561. The highest BCUT2D eigenvalue weighted by Gasteiger charge is 2.40. The highest BCUT2D eigenvalue weighted by Crippen LogP contribution is 2.34. The summed E-state index contributed by atoms with van der Waals surface area (Å²) in [4.78, 5) is 2.52. The fourth-order valence-electron chi connectivity index (χ4n) is 3.30. The zero-order valence-electron chi connectivity index (χ0n) is 10.8. The van der Waals surface area contributed by atoms with Crippen molar-refractivity contribution in [2.24, 2.45) is 7.05 Å². The summed E-state index contributed by atoms with van der Waals surface area (Å²) in [5.41, 5.74) is 1.65. The minimum atomic E-state index is 0.377. The van der Waals surface area contributed by atoms with E-state index in [9.17, 15) is 0 Å². The van der Waals surface area contributed by atoms with E-state index >= 15 is 0 Å². The number of piperazine rings is 1. The number of aryl methyl sites for hydroxylation is 1. The summed E-state index contributed by atoms with van der Waals surface area (Å²) in [5, 5.41) is 8.08. The molecule has 1 saturated heterocycles. The molecule has 4 heteroatoms. The van der Waals surface area contributed by atoms with Gasteiger partial charge in [0.25, 0.3) is 0 Å². The van der Waals surface area contributed by atoms with Crippen LogP contribution in [-0.2, 0) is 7.05 Å². The highest BCUT2D eigenvalue weighted by atomic mass is 15.3. The van der Waals surface area contributed by atoms with E-state index < -0.39 is 0 Å². The first kappa shape index (κ1) is 11.1. The van der Waals surface area contributed by atoms with Gasteiger partial charge in [0.15, 0.2) is 0 Å². The summed E-state index contributed by atoms with van der Waals surface area (Å²) in [6.07, 6.45) is 9.53. The Morgan fingerprint density at radius 3 is 2.82 bits per heavy atom. The summed E-state index contributed by atoms with van der Waals surface area (Å²) in [6.45, 7) is 4.52. The maximum Gasteiger partial charge on any atom is 0.0755 e. The first-order chi connectivity index (χ1) is 8.19. The van der Waals surface area contributed by atoms with Gasteiger partial charge in [0.2, 0.25) is 0 Å². The van der Waals surface area contributed by atoms with Crippen LogP contribution in [0.2, 0.25) is 0 Å². The van der Waals surface area contributed by atoms with Crippen molar-refractivity contribution in [3.05, 3.63) is 12.4 Å². The molecule has 94 valence electrons. The van der Waals surface area contributed by atoms with Crippen molar-refractivity contribution < 1.29 is 0 Å². The minimum absolute atomic E-state index is 0.377. The number of hydrogen-bond donors (Lipinski definition) is 1. The molecule has 3 rings (SSSR count). The van der Waals surface area contributed by atoms with Crippen LogP contribution in [0.5, 0.6) is 0 Å². The fraction of sp³-hybridized carbons (Fsp3) is 0.769. The Kier molecular flexibility index (Phi) is 2.62. The summed E-state index contributed by atoms with van der Waals surface area (Å²) in [5.74, 6) is 0. The van der Waals surface area contributed by atoms with Crippen LogP contribution in [0.1, 0.15) is 32.6 Å². The third kappa shape index (κ3) is 1.95. The molecule has 4 nitrogen and oxygen atoms in total. The van der Waals surface area contributed by atoms with Crippen molar-refractivity contribution in [3.63, 3.8) is 0 Å². The molecular weight excluding hydrogens is 212 g/mol. The van der Waals surface area contributed by atoms with E-state index in [1.54, 1.807) is 0 Å². The molecule has 1 unspecified atom stereocenters. The van der Waals surface area contributed by atoms with Crippen LogP contribution >= 0.6 is 0 Å². The second-order valence-electron chi connectivity index (χ2n) is 5.72. The lowest BCUT2D eigenvalue weighted by Crippen LogP contribution is -2.62. The Morgan fingerprint density at radius 2 is 2.18 bits per heavy atom. The Bertz CT molecular complexity index is 392. The predicted octanol–water partition coefficient (Wildman–Crippen LogP) is 1.53. The average molecular weight is 234 g/mol. The van der Waals surface area contributed by atoms with Gasteiger partial charge in [-0.15, -0.1) is 0 Å². The van der Waals surface area contributed by atoms with Gasteiger partial charge in [-0.2, -0.15) is 5.10 Å². The van der Waals surface area contributed by atoms with Crippen LogP contribution < -0.4 is 10.2 Å². The normalized spacial score (nSPS) is 27.9. The molecular formula is C13H22N4. The molecule has 1 aromatic heterocycles. The minimum Gasteiger partial charge on any atom is -0.363 e. The van der Waals surface area contributed by atoms with Crippen molar-refractivity contribution >= 4 is 5.69 Å². The third-order valence-electron chi connectivity index (χ3n) is 4.36. The largest absolute Gasteiger partial charge is 0.363 e. The maximum atomic E-state index is 4.30. The van der Waals surface area contributed by atoms with Crippen molar-refractivity contribution in [2.75, 3.05) is 18.0 Å². The number of aromatic nitrogens is 2. The van der Waals surface area contributed by atoms with Crippen LogP contribution in [0.25, 0.3) is 0 Å². The van der Waals surface area contributed by atoms with Gasteiger partial charge in [0, 0.05) is 37.9 Å². The van der Waals surface area contributed by atoms with Gasteiger partial charge in [-0.25, -0.2) is 0 Å². The first-order valence-corrected chi connectivity index (χ1v) is 6.69. The van der Waals surface area contributed by atoms with Gasteiger partial charge in [0.1, 0.15) is 0 Å². The molecule has 0 amide bonds. The van der Waals surface area contributed by atoms with Gasteiger partial charge < -0.3 is 10.2 Å². The van der Waals surface area contributed by atoms with Crippen LogP contribution in [0.4, 0.5) is 5.69 Å². The molecule has 0 aromatic carbocycles. The standard InChI is InChI=1S/C13H22N4/c1-11-7-14-13(5-3-4-6-13)10-17(11)12-8-15-16(2)9-12/h8-9,11,14H,3-7,10H2,1-2H3. The molecule has 1 aliphatic carbocycles. The number of hydrogen-bond acceptors (Lipinski definition) is 3. The second kappa shape index (κ2) is 4.02. The zero-order chi connectivity index (χ0) is 11.9. The Balaban J connectivity index is 1.82. The van der Waals surface area contributed by atoms with Gasteiger partial charge in [-0.3, -0.25) is 4.68 Å². The van der Waals surface area contributed by atoms with Crippen LogP contribution in [0, 0.1) is 0 Å². The highest BCUT2D eigenvalue weighted by molar-refractivity contribution is 5.45. The summed E-state index contributed by atoms with van der Waals surface area (Å²) < 4.78 is 1.89. The van der Waals surface area contributed by atoms with Crippen LogP contribution in [0.3, 0.4) is 0 Å². The Morgan fingerprint density at radius 1 is 1.41 bits per heavy atom. The number of nitrogens with one attached hydrogen (secondary N) is 1.